The first-order chi connectivity index (χ1) is 14.4. The summed E-state index contributed by atoms with van der Waals surface area (Å²) in [5, 5.41) is 3.22. The fraction of sp³-hybridized carbons (Fsp3) is 0.500. The van der Waals surface area contributed by atoms with Crippen LogP contribution in [-0.4, -0.2) is 36.1 Å². The third kappa shape index (κ3) is 2.92. The van der Waals surface area contributed by atoms with Crippen molar-refractivity contribution in [3.05, 3.63) is 35.5 Å². The summed E-state index contributed by atoms with van der Waals surface area (Å²) < 4.78 is 24.3. The molecule has 5 rings (SSSR count). The van der Waals surface area contributed by atoms with Gasteiger partial charge in [-0.3, -0.25) is 9.69 Å². The Labute approximate surface area is 176 Å². The highest BCUT2D eigenvalue weighted by molar-refractivity contribution is 7.91. The lowest BCUT2D eigenvalue weighted by atomic mass is 10.0. The first-order valence-corrected chi connectivity index (χ1v) is 12.3. The van der Waals surface area contributed by atoms with Gasteiger partial charge in [0.05, 0.1) is 16.1 Å². The number of benzene rings is 1. The Morgan fingerprint density at radius 1 is 1.23 bits per heavy atom. The van der Waals surface area contributed by atoms with Crippen LogP contribution in [0, 0.1) is 6.92 Å². The molecule has 1 aliphatic heterocycles. The zero-order chi connectivity index (χ0) is 21.1. The molecular weight excluding hydrogens is 400 g/mol. The Hall–Kier alpha value is -2.48. The third-order valence-corrected chi connectivity index (χ3v) is 8.50. The third-order valence-electron chi connectivity index (χ3n) is 6.76. The molecule has 2 fully saturated rings. The number of hydrogen-bond acceptors (Lipinski definition) is 6. The number of anilines is 3. The van der Waals surface area contributed by atoms with Gasteiger partial charge in [0.15, 0.2) is 9.84 Å². The van der Waals surface area contributed by atoms with Gasteiger partial charge in [-0.2, -0.15) is 4.98 Å². The van der Waals surface area contributed by atoms with Crippen molar-refractivity contribution in [1.29, 1.82) is 0 Å². The summed E-state index contributed by atoms with van der Waals surface area (Å²) in [5.74, 6) is 1.45. The van der Waals surface area contributed by atoms with Crippen molar-refractivity contribution in [3.8, 4) is 0 Å². The van der Waals surface area contributed by atoms with Gasteiger partial charge in [-0.15, -0.1) is 0 Å². The van der Waals surface area contributed by atoms with E-state index in [1.54, 1.807) is 31.3 Å². The standard InChI is InChI=1S/C22H26N4O3S/c1-3-30(28,29)16-8-9-18(14(2)12-16)24-21-23-13-17-19(25-21)26(15-6-4-5-7-15)20(27)22(17)10-11-22/h8-9,12-13,15H,3-7,10-11H2,1-2H3,(H,23,24,25). The number of aryl methyl sites for hydroxylation is 1. The maximum Gasteiger partial charge on any atom is 0.239 e. The van der Waals surface area contributed by atoms with Gasteiger partial charge in [0, 0.05) is 23.5 Å². The molecule has 30 heavy (non-hydrogen) atoms. The molecular formula is C22H26N4O3S. The van der Waals surface area contributed by atoms with Gasteiger partial charge in [0.2, 0.25) is 11.9 Å². The number of aromatic nitrogens is 2. The van der Waals surface area contributed by atoms with Crippen molar-refractivity contribution in [2.45, 2.75) is 68.7 Å². The average Bonchev–Trinajstić information content (AvgIpc) is 3.29. The molecule has 8 heteroatoms. The summed E-state index contributed by atoms with van der Waals surface area (Å²) in [5.41, 5.74) is 2.13. The topological polar surface area (TPSA) is 92.3 Å². The minimum Gasteiger partial charge on any atom is -0.324 e. The highest BCUT2D eigenvalue weighted by Gasteiger charge is 2.61. The van der Waals surface area contributed by atoms with Crippen LogP contribution in [0.25, 0.3) is 0 Å². The number of nitrogens with one attached hydrogen (secondary N) is 1. The average molecular weight is 427 g/mol. The fourth-order valence-corrected chi connectivity index (χ4v) is 5.73. The number of nitrogens with zero attached hydrogens (tertiary/aromatic N) is 3. The predicted octanol–water partition coefficient (Wildman–Crippen LogP) is 3.64. The number of carbonyl (C=O) groups is 1. The Kier molecular flexibility index (Phi) is 4.39. The van der Waals surface area contributed by atoms with Crippen LogP contribution < -0.4 is 10.2 Å². The van der Waals surface area contributed by atoms with E-state index in [-0.39, 0.29) is 23.1 Å². The maximum atomic E-state index is 13.2. The Morgan fingerprint density at radius 2 is 1.97 bits per heavy atom. The normalized spacial score (nSPS) is 20.1. The predicted molar refractivity (Wildman–Crippen MR) is 115 cm³/mol. The molecule has 2 aliphatic carbocycles. The molecule has 0 radical (unpaired) electrons. The highest BCUT2D eigenvalue weighted by atomic mass is 32.2. The van der Waals surface area contributed by atoms with E-state index in [0.29, 0.717) is 10.8 Å². The molecule has 2 aromatic rings. The lowest BCUT2D eigenvalue weighted by Crippen LogP contribution is -2.39. The molecule has 2 heterocycles. The van der Waals surface area contributed by atoms with Crippen molar-refractivity contribution in [2.75, 3.05) is 16.0 Å². The zero-order valence-electron chi connectivity index (χ0n) is 17.3. The van der Waals surface area contributed by atoms with Crippen molar-refractivity contribution in [2.24, 2.45) is 0 Å². The van der Waals surface area contributed by atoms with Crippen molar-refractivity contribution in [3.63, 3.8) is 0 Å². The van der Waals surface area contributed by atoms with E-state index in [0.717, 1.165) is 61.2 Å². The summed E-state index contributed by atoms with van der Waals surface area (Å²) in [4.78, 5) is 24.7. The van der Waals surface area contributed by atoms with Gasteiger partial charge in [0.1, 0.15) is 5.82 Å². The number of hydrogen-bond donors (Lipinski definition) is 1. The molecule has 158 valence electrons. The molecule has 0 atom stereocenters. The first-order valence-electron chi connectivity index (χ1n) is 10.7. The van der Waals surface area contributed by atoms with E-state index >= 15 is 0 Å². The first kappa shape index (κ1) is 19.5. The van der Waals surface area contributed by atoms with E-state index < -0.39 is 9.84 Å². The number of fused-ring (bicyclic) bond motifs is 2. The molecule has 7 nitrogen and oxygen atoms in total. The van der Waals surface area contributed by atoms with E-state index in [9.17, 15) is 13.2 Å². The van der Waals surface area contributed by atoms with Gasteiger partial charge in [-0.25, -0.2) is 13.4 Å². The summed E-state index contributed by atoms with van der Waals surface area (Å²) in [6.45, 7) is 3.50. The molecule has 1 N–H and O–H groups in total. The second-order valence-corrected chi connectivity index (χ2v) is 10.9. The largest absolute Gasteiger partial charge is 0.324 e. The smallest absolute Gasteiger partial charge is 0.239 e. The molecule has 1 aromatic heterocycles. The highest BCUT2D eigenvalue weighted by Crippen LogP contribution is 2.57. The molecule has 0 unspecified atom stereocenters. The van der Waals surface area contributed by atoms with E-state index in [4.69, 9.17) is 4.98 Å². The summed E-state index contributed by atoms with van der Waals surface area (Å²) in [6.07, 6.45) is 7.92. The van der Waals surface area contributed by atoms with Crippen LogP contribution in [0.2, 0.25) is 0 Å². The van der Waals surface area contributed by atoms with Crippen LogP contribution in [0.1, 0.15) is 56.6 Å². The number of sulfone groups is 1. The van der Waals surface area contributed by atoms with Crippen molar-refractivity contribution in [1.82, 2.24) is 9.97 Å². The van der Waals surface area contributed by atoms with Crippen LogP contribution in [0.4, 0.5) is 17.5 Å². The molecule has 0 bridgehead atoms. The van der Waals surface area contributed by atoms with E-state index in [1.165, 1.54) is 0 Å². The molecule has 1 spiro atoms. The second kappa shape index (κ2) is 6.77. The van der Waals surface area contributed by atoms with Gasteiger partial charge < -0.3 is 5.32 Å². The second-order valence-electron chi connectivity index (χ2n) is 8.63. The molecule has 2 saturated carbocycles. The van der Waals surface area contributed by atoms with Gasteiger partial charge in [-0.05, 0) is 56.4 Å². The number of rotatable bonds is 5. The summed E-state index contributed by atoms with van der Waals surface area (Å²) in [7, 11) is -3.25. The van der Waals surface area contributed by atoms with Crippen molar-refractivity contribution < 1.29 is 13.2 Å². The summed E-state index contributed by atoms with van der Waals surface area (Å²) in [6, 6.07) is 5.26. The van der Waals surface area contributed by atoms with Crippen LogP contribution >= 0.6 is 0 Å². The quantitative estimate of drug-likeness (QED) is 0.785. The maximum absolute atomic E-state index is 13.2. The number of amides is 1. The molecule has 0 saturated heterocycles. The lowest BCUT2D eigenvalue weighted by molar-refractivity contribution is -0.120. The fourth-order valence-electron chi connectivity index (χ4n) is 4.76. The minimum absolute atomic E-state index is 0.0694. The van der Waals surface area contributed by atoms with E-state index in [1.807, 2.05) is 11.8 Å². The number of carbonyl (C=O) groups excluding carboxylic acids is 1. The van der Waals surface area contributed by atoms with Crippen LogP contribution in [0.5, 0.6) is 0 Å². The lowest BCUT2D eigenvalue weighted by Gasteiger charge is -2.24. The van der Waals surface area contributed by atoms with Crippen molar-refractivity contribution >= 4 is 33.2 Å². The van der Waals surface area contributed by atoms with Gasteiger partial charge in [-0.1, -0.05) is 19.8 Å². The molecule has 1 amide bonds. The Balaban J connectivity index is 1.47. The van der Waals surface area contributed by atoms with Crippen LogP contribution in [0.15, 0.2) is 29.3 Å². The monoisotopic (exact) mass is 426 g/mol. The summed E-state index contributed by atoms with van der Waals surface area (Å²) >= 11 is 0. The minimum atomic E-state index is -3.25. The molecule has 1 aromatic carbocycles. The van der Waals surface area contributed by atoms with Crippen LogP contribution in [-0.2, 0) is 20.0 Å². The Bertz CT molecular complexity index is 1140. The SMILES string of the molecule is CCS(=O)(=O)c1ccc(Nc2ncc3c(n2)N(C2CCCC2)C(=O)C32CC2)c(C)c1. The molecule has 3 aliphatic rings. The Morgan fingerprint density at radius 3 is 2.60 bits per heavy atom. The van der Waals surface area contributed by atoms with E-state index in [2.05, 4.69) is 10.3 Å². The van der Waals surface area contributed by atoms with Crippen LogP contribution in [0.3, 0.4) is 0 Å². The van der Waals surface area contributed by atoms with Gasteiger partial charge in [0.25, 0.3) is 0 Å². The zero-order valence-corrected chi connectivity index (χ0v) is 18.1. The van der Waals surface area contributed by atoms with Gasteiger partial charge >= 0.3 is 0 Å².